The molecule has 0 radical (unpaired) electrons. The van der Waals surface area contributed by atoms with E-state index in [2.05, 4.69) is 10.6 Å². The van der Waals surface area contributed by atoms with Crippen molar-refractivity contribution in [3.05, 3.63) is 59.0 Å². The molecule has 0 spiro atoms. The Balaban J connectivity index is 1.68. The van der Waals surface area contributed by atoms with Gasteiger partial charge in [0.15, 0.2) is 5.76 Å². The zero-order valence-electron chi connectivity index (χ0n) is 14.3. The fraction of sp³-hybridized carbons (Fsp3) is 0.190. The molecule has 5 nitrogen and oxygen atoms in total. The van der Waals surface area contributed by atoms with E-state index in [9.17, 15) is 9.90 Å². The first-order valence-electron chi connectivity index (χ1n) is 8.62. The van der Waals surface area contributed by atoms with Crippen molar-refractivity contribution in [3.63, 3.8) is 0 Å². The Morgan fingerprint density at radius 3 is 2.96 bits per heavy atom. The van der Waals surface area contributed by atoms with E-state index in [1.165, 1.54) is 17.8 Å². The number of benzene rings is 2. The summed E-state index contributed by atoms with van der Waals surface area (Å²) in [6.45, 7) is 0.976. The van der Waals surface area contributed by atoms with E-state index >= 15 is 0 Å². The molecular formula is C21H17NO4. The lowest BCUT2D eigenvalue weighted by Gasteiger charge is -2.03. The second-order valence-electron chi connectivity index (χ2n) is 6.62. The molecule has 0 saturated heterocycles. The topological polar surface area (TPSA) is 60.7 Å². The van der Waals surface area contributed by atoms with E-state index in [0.717, 1.165) is 41.6 Å². The number of carbonyl (C=O) groups is 1. The van der Waals surface area contributed by atoms with Gasteiger partial charge in [0.05, 0.1) is 12.7 Å². The van der Waals surface area contributed by atoms with E-state index in [1.54, 1.807) is 13.2 Å². The molecule has 2 aliphatic rings. The number of aryl methyl sites for hydroxylation is 1. The van der Waals surface area contributed by atoms with Crippen molar-refractivity contribution in [1.82, 2.24) is 4.57 Å². The van der Waals surface area contributed by atoms with Crippen LogP contribution in [0.2, 0.25) is 0 Å². The summed E-state index contributed by atoms with van der Waals surface area (Å²) < 4.78 is 13.4. The van der Waals surface area contributed by atoms with Gasteiger partial charge in [-0.05, 0) is 49.2 Å². The lowest BCUT2D eigenvalue weighted by molar-refractivity contribution is 0.101. The minimum absolute atomic E-state index is 0.0812. The zero-order chi connectivity index (χ0) is 17.8. The van der Waals surface area contributed by atoms with Crippen LogP contribution in [0, 0.1) is 0 Å². The van der Waals surface area contributed by atoms with Crippen LogP contribution in [0.25, 0.3) is 17.0 Å². The van der Waals surface area contributed by atoms with Crippen LogP contribution >= 0.6 is 0 Å². The summed E-state index contributed by atoms with van der Waals surface area (Å²) in [7, 11) is 1.65. The maximum Gasteiger partial charge on any atom is 0.231 e. The SMILES string of the molecule is COc1ccc2c(c1)c(/C=C1\Oc3cc(O)ccc3C1=O)c1n2CCC1. The highest BCUT2D eigenvalue weighted by Crippen LogP contribution is 2.38. The molecule has 0 atom stereocenters. The fourth-order valence-corrected chi connectivity index (χ4v) is 3.94. The predicted molar refractivity (Wildman–Crippen MR) is 97.9 cm³/mol. The second-order valence-corrected chi connectivity index (χ2v) is 6.62. The molecule has 0 aliphatic carbocycles. The third-order valence-corrected chi connectivity index (χ3v) is 5.15. The van der Waals surface area contributed by atoms with Gasteiger partial charge in [-0.3, -0.25) is 4.79 Å². The molecule has 0 amide bonds. The number of hydrogen-bond acceptors (Lipinski definition) is 4. The first kappa shape index (κ1) is 15.1. The van der Waals surface area contributed by atoms with Crippen LogP contribution < -0.4 is 9.47 Å². The quantitative estimate of drug-likeness (QED) is 0.714. The second kappa shape index (κ2) is 5.39. The lowest BCUT2D eigenvalue weighted by Crippen LogP contribution is -1.98. The van der Waals surface area contributed by atoms with Gasteiger partial charge in [0.2, 0.25) is 5.78 Å². The smallest absolute Gasteiger partial charge is 0.231 e. The van der Waals surface area contributed by atoms with Crippen molar-refractivity contribution in [3.8, 4) is 17.2 Å². The van der Waals surface area contributed by atoms with E-state index in [-0.39, 0.29) is 17.3 Å². The molecule has 0 unspecified atom stereocenters. The predicted octanol–water partition coefficient (Wildman–Crippen LogP) is 3.92. The molecule has 3 aromatic rings. The number of phenolic OH excluding ortho intramolecular Hbond substituents is 1. The molecule has 1 aromatic heterocycles. The lowest BCUT2D eigenvalue weighted by atomic mass is 10.0. The molecule has 5 heteroatoms. The highest BCUT2D eigenvalue weighted by atomic mass is 16.5. The summed E-state index contributed by atoms with van der Waals surface area (Å²) in [4.78, 5) is 12.7. The number of methoxy groups -OCH3 is 1. The van der Waals surface area contributed by atoms with E-state index in [4.69, 9.17) is 9.47 Å². The Labute approximate surface area is 150 Å². The van der Waals surface area contributed by atoms with Crippen molar-refractivity contribution in [1.29, 1.82) is 0 Å². The number of carbonyl (C=O) groups excluding carboxylic acids is 1. The van der Waals surface area contributed by atoms with E-state index in [1.807, 2.05) is 18.2 Å². The van der Waals surface area contributed by atoms with Crippen molar-refractivity contribution in [2.75, 3.05) is 7.11 Å². The monoisotopic (exact) mass is 347 g/mol. The van der Waals surface area contributed by atoms with Crippen LogP contribution in [0.3, 0.4) is 0 Å². The van der Waals surface area contributed by atoms with Crippen molar-refractivity contribution < 1.29 is 19.4 Å². The number of ether oxygens (including phenoxy) is 2. The molecule has 130 valence electrons. The van der Waals surface area contributed by atoms with Gasteiger partial charge >= 0.3 is 0 Å². The first-order chi connectivity index (χ1) is 12.7. The maximum atomic E-state index is 12.7. The van der Waals surface area contributed by atoms with Crippen LogP contribution in [0.15, 0.2) is 42.2 Å². The number of fused-ring (bicyclic) bond motifs is 4. The van der Waals surface area contributed by atoms with Gasteiger partial charge < -0.3 is 19.1 Å². The number of aromatic hydroxyl groups is 1. The van der Waals surface area contributed by atoms with Gasteiger partial charge in [-0.2, -0.15) is 0 Å². The van der Waals surface area contributed by atoms with E-state index in [0.29, 0.717) is 11.3 Å². The number of aromatic nitrogens is 1. The van der Waals surface area contributed by atoms with Gasteiger partial charge in [0.1, 0.15) is 17.2 Å². The number of Topliss-reactive ketones (excluding diaryl/α,β-unsaturated/α-hetero) is 1. The van der Waals surface area contributed by atoms with Gasteiger partial charge in [-0.1, -0.05) is 0 Å². The summed E-state index contributed by atoms with van der Waals surface area (Å²) in [5.41, 5.74) is 3.85. The number of ketones is 1. The molecule has 0 fully saturated rings. The van der Waals surface area contributed by atoms with Crippen LogP contribution in [-0.2, 0) is 13.0 Å². The normalized spacial score (nSPS) is 16.8. The number of nitrogens with zero attached hydrogens (tertiary/aromatic N) is 1. The molecule has 26 heavy (non-hydrogen) atoms. The highest BCUT2D eigenvalue weighted by Gasteiger charge is 2.29. The maximum absolute atomic E-state index is 12.7. The Bertz CT molecular complexity index is 1110. The molecule has 0 bridgehead atoms. The number of phenols is 1. The Morgan fingerprint density at radius 1 is 1.23 bits per heavy atom. The zero-order valence-corrected chi connectivity index (χ0v) is 14.3. The minimum atomic E-state index is -0.158. The molecule has 1 N–H and O–H groups in total. The molecule has 5 rings (SSSR count). The summed E-state index contributed by atoms with van der Waals surface area (Å²) in [5, 5.41) is 10.7. The molecule has 0 saturated carbocycles. The van der Waals surface area contributed by atoms with Crippen molar-refractivity contribution >= 4 is 22.8 Å². The standard InChI is InChI=1S/C21H17NO4/c1-25-13-5-7-18-15(10-13)16(17-3-2-8-22(17)18)11-20-21(24)14-6-4-12(23)9-19(14)26-20/h4-7,9-11,23H,2-3,8H2,1H3/b20-11-. The summed E-state index contributed by atoms with van der Waals surface area (Å²) in [6.07, 6.45) is 3.90. The minimum Gasteiger partial charge on any atom is -0.508 e. The van der Waals surface area contributed by atoms with Crippen molar-refractivity contribution in [2.24, 2.45) is 0 Å². The van der Waals surface area contributed by atoms with Crippen molar-refractivity contribution in [2.45, 2.75) is 19.4 Å². The van der Waals surface area contributed by atoms with Crippen LogP contribution in [0.1, 0.15) is 28.0 Å². The Morgan fingerprint density at radius 2 is 2.12 bits per heavy atom. The fourth-order valence-electron chi connectivity index (χ4n) is 3.94. The molecule has 2 aliphatic heterocycles. The Kier molecular flexibility index (Phi) is 3.13. The van der Waals surface area contributed by atoms with Gasteiger partial charge in [-0.15, -0.1) is 0 Å². The van der Waals surface area contributed by atoms with Gasteiger partial charge in [-0.25, -0.2) is 0 Å². The first-order valence-corrected chi connectivity index (χ1v) is 8.62. The number of allylic oxidation sites excluding steroid dienone is 1. The van der Waals surface area contributed by atoms with E-state index < -0.39 is 0 Å². The van der Waals surface area contributed by atoms with Crippen LogP contribution in [-0.4, -0.2) is 22.6 Å². The summed E-state index contributed by atoms with van der Waals surface area (Å²) in [6, 6.07) is 10.6. The molecule has 2 aromatic carbocycles. The Hall–Kier alpha value is -3.21. The number of rotatable bonds is 2. The number of hydrogen-bond donors (Lipinski definition) is 1. The third-order valence-electron chi connectivity index (χ3n) is 5.15. The molecule has 3 heterocycles. The van der Waals surface area contributed by atoms with Gasteiger partial charge in [0, 0.05) is 34.8 Å². The summed E-state index contributed by atoms with van der Waals surface area (Å²) >= 11 is 0. The van der Waals surface area contributed by atoms with Crippen LogP contribution in [0.4, 0.5) is 0 Å². The van der Waals surface area contributed by atoms with Gasteiger partial charge in [0.25, 0.3) is 0 Å². The summed E-state index contributed by atoms with van der Waals surface area (Å²) in [5.74, 6) is 1.40. The third kappa shape index (κ3) is 2.07. The molecular weight excluding hydrogens is 330 g/mol. The van der Waals surface area contributed by atoms with Crippen LogP contribution in [0.5, 0.6) is 17.2 Å². The average Bonchev–Trinajstić information content (AvgIpc) is 3.30. The average molecular weight is 347 g/mol. The highest BCUT2D eigenvalue weighted by molar-refractivity contribution is 6.15. The largest absolute Gasteiger partial charge is 0.508 e.